The van der Waals surface area contributed by atoms with Crippen LogP contribution in [-0.2, 0) is 14.6 Å². The monoisotopic (exact) mass is 686 g/mol. The van der Waals surface area contributed by atoms with Crippen LogP contribution < -0.4 is 4.74 Å². The molecular weight excluding hydrogens is 646 g/mol. The number of hydrogen-bond donors (Lipinski definition) is 2. The van der Waals surface area contributed by atoms with Gasteiger partial charge in [0.1, 0.15) is 18.3 Å². The first-order valence-electron chi connectivity index (χ1n) is 16.4. The zero-order chi connectivity index (χ0) is 34.8. The zero-order valence-electron chi connectivity index (χ0n) is 27.7. The van der Waals surface area contributed by atoms with E-state index in [1.807, 2.05) is 47.0 Å². The number of nitrogens with zero attached hydrogens (tertiary/aromatic N) is 6. The summed E-state index contributed by atoms with van der Waals surface area (Å²) in [5.74, 6) is 0.464. The zero-order valence-corrected chi connectivity index (χ0v) is 28.5. The number of quaternary nitrogens is 1. The van der Waals surface area contributed by atoms with Crippen LogP contribution in [0, 0.1) is 0 Å². The summed E-state index contributed by atoms with van der Waals surface area (Å²) in [5.41, 5.74) is 3.98. The van der Waals surface area contributed by atoms with Crippen LogP contribution in [0.15, 0.2) is 78.0 Å². The molecule has 0 aliphatic carbocycles. The third-order valence-corrected chi connectivity index (χ3v) is 10.6. The molecule has 6 rings (SSSR count). The van der Waals surface area contributed by atoms with Crippen molar-refractivity contribution >= 4 is 32.9 Å². The molecule has 4 atom stereocenters. The molecule has 2 N–H and O–H groups in total. The number of H-pyrrole nitrogens is 1. The number of aromatic amines is 1. The predicted octanol–water partition coefficient (Wildman–Crippen LogP) is 6.06. The number of carbonyl (C=O) groups excluding carboxylic acids is 1. The minimum Gasteiger partial charge on any atom is -0.484 e. The van der Waals surface area contributed by atoms with Crippen molar-refractivity contribution in [1.29, 1.82) is 0 Å². The molecular formula is C35H40N7O6S+. The third-order valence-electron chi connectivity index (χ3n) is 9.49. The molecule has 1 saturated heterocycles. The van der Waals surface area contributed by atoms with Crippen LogP contribution >= 0.6 is 0 Å². The topological polar surface area (TPSA) is 170 Å². The average molecular weight is 687 g/mol. The Kier molecular flexibility index (Phi) is 9.61. The molecule has 1 aliphatic rings. The van der Waals surface area contributed by atoms with Crippen molar-refractivity contribution in [3.05, 3.63) is 73.1 Å². The summed E-state index contributed by atoms with van der Waals surface area (Å²) in [5, 5.41) is 25.2. The molecule has 0 bridgehead atoms. The fourth-order valence-electron chi connectivity index (χ4n) is 6.91. The third kappa shape index (κ3) is 6.70. The smallest absolute Gasteiger partial charge is 0.484 e. The number of benzene rings is 3. The second-order valence-electron chi connectivity index (χ2n) is 12.7. The molecule has 0 radical (unpaired) electrons. The Labute approximate surface area is 284 Å². The minimum absolute atomic E-state index is 0.0573. The van der Waals surface area contributed by atoms with Gasteiger partial charge >= 0.3 is 12.0 Å². The van der Waals surface area contributed by atoms with Gasteiger partial charge < -0.3 is 14.4 Å². The number of likely N-dealkylation sites (tertiary alicyclic amines) is 1. The van der Waals surface area contributed by atoms with Gasteiger partial charge in [-0.2, -0.15) is 14.5 Å². The highest BCUT2D eigenvalue weighted by molar-refractivity contribution is 7.90. The molecule has 256 valence electrons. The Morgan fingerprint density at radius 1 is 1.06 bits per heavy atom. The summed E-state index contributed by atoms with van der Waals surface area (Å²) < 4.78 is 31.0. The summed E-state index contributed by atoms with van der Waals surface area (Å²) in [6, 6.07) is 18.2. The lowest BCUT2D eigenvalue weighted by atomic mass is 9.98. The van der Waals surface area contributed by atoms with Crippen LogP contribution in [-0.4, -0.2) is 85.1 Å². The number of hydrogen-bond acceptors (Lipinski definition) is 9. The largest absolute Gasteiger partial charge is 0.521 e. The molecule has 14 heteroatoms. The normalized spacial score (nSPS) is 20.0. The van der Waals surface area contributed by atoms with Gasteiger partial charge in [0.15, 0.2) is 22.0 Å². The molecule has 0 spiro atoms. The van der Waals surface area contributed by atoms with E-state index in [0.29, 0.717) is 29.9 Å². The lowest BCUT2D eigenvalue weighted by Gasteiger charge is -2.33. The standard InChI is InChI=1S/C35H39N7O6S/c1-4-5-6-7-12-32(34(43)42(35(44)45)21-26(19-23(42)2)48-25-14-16-27(17-15-25)49(3,46)47)41-22-36-30-20-24(13-18-31(30)41)28-10-8-9-11-29(28)33-37-39-40-38-33/h8-11,13-18,20,22-23,26,32H,4-7,12,19,21H2,1-3H3,(H-,37,38,39,40,44,45)/p+1/t23-,26-,32?,42-/m1/s1. The van der Waals surface area contributed by atoms with Gasteiger partial charge in [0, 0.05) is 18.2 Å². The Hall–Kier alpha value is -4.95. The lowest BCUT2D eigenvalue weighted by Crippen LogP contribution is -2.61. The van der Waals surface area contributed by atoms with Crippen LogP contribution in [0.25, 0.3) is 33.5 Å². The first-order chi connectivity index (χ1) is 23.5. The SMILES string of the molecule is CCCCCCC(C(=O)[N@@+]1(C(=O)O)C[C@H](Oc2ccc(S(C)(=O)=O)cc2)C[C@H]1C)n1cnc2cc(-c3ccccc3-c3nn[nH]n3)ccc21. The molecule has 49 heavy (non-hydrogen) atoms. The second kappa shape index (κ2) is 13.9. The van der Waals surface area contributed by atoms with Gasteiger partial charge in [0.05, 0.1) is 22.3 Å². The molecule has 1 aliphatic heterocycles. The van der Waals surface area contributed by atoms with Crippen molar-refractivity contribution in [2.24, 2.45) is 0 Å². The van der Waals surface area contributed by atoms with E-state index in [-0.39, 0.29) is 11.4 Å². The highest BCUT2D eigenvalue weighted by Gasteiger charge is 2.59. The van der Waals surface area contributed by atoms with Crippen LogP contribution in [0.1, 0.15) is 58.4 Å². The Bertz CT molecular complexity index is 2060. The number of aromatic nitrogens is 6. The molecule has 3 heterocycles. The van der Waals surface area contributed by atoms with E-state index in [4.69, 9.17) is 9.72 Å². The molecule has 1 fully saturated rings. The van der Waals surface area contributed by atoms with Gasteiger partial charge in [-0.3, -0.25) is 0 Å². The number of tetrazole rings is 1. The molecule has 13 nitrogen and oxygen atoms in total. The van der Waals surface area contributed by atoms with Crippen LogP contribution in [0.3, 0.4) is 0 Å². The second-order valence-corrected chi connectivity index (χ2v) is 14.8. The number of imidazole rings is 1. The average Bonchev–Trinajstić information content (AvgIpc) is 3.84. The number of unbranched alkanes of at least 4 members (excludes halogenated alkanes) is 3. The van der Waals surface area contributed by atoms with Crippen molar-refractivity contribution in [3.8, 4) is 28.3 Å². The number of carboxylic acid groups (broad SMARTS) is 1. The number of nitrogens with one attached hydrogen (secondary N) is 1. The highest BCUT2D eigenvalue weighted by Crippen LogP contribution is 2.37. The van der Waals surface area contributed by atoms with Gasteiger partial charge in [-0.25, -0.2) is 18.2 Å². The van der Waals surface area contributed by atoms with E-state index in [1.165, 1.54) is 12.1 Å². The summed E-state index contributed by atoms with van der Waals surface area (Å²) in [6.07, 6.45) is 5.48. The maximum absolute atomic E-state index is 14.7. The van der Waals surface area contributed by atoms with Crippen molar-refractivity contribution in [2.75, 3.05) is 12.8 Å². The Balaban J connectivity index is 1.32. The van der Waals surface area contributed by atoms with Crippen molar-refractivity contribution in [2.45, 2.75) is 75.5 Å². The van der Waals surface area contributed by atoms with Gasteiger partial charge in [0.25, 0.3) is 0 Å². The number of fused-ring (bicyclic) bond motifs is 1. The van der Waals surface area contributed by atoms with E-state index in [1.54, 1.807) is 25.4 Å². The first kappa shape index (κ1) is 33.9. The van der Waals surface area contributed by atoms with Crippen molar-refractivity contribution in [3.63, 3.8) is 0 Å². The van der Waals surface area contributed by atoms with Crippen LogP contribution in [0.2, 0.25) is 0 Å². The molecule has 2 aromatic heterocycles. The summed E-state index contributed by atoms with van der Waals surface area (Å²) in [6.45, 7) is 3.83. The molecule has 3 aromatic carbocycles. The molecule has 0 saturated carbocycles. The number of amides is 2. The van der Waals surface area contributed by atoms with Gasteiger partial charge in [-0.15, -0.1) is 10.2 Å². The summed E-state index contributed by atoms with van der Waals surface area (Å²) in [7, 11) is -3.38. The Morgan fingerprint density at radius 2 is 1.82 bits per heavy atom. The van der Waals surface area contributed by atoms with Gasteiger partial charge in [0.2, 0.25) is 5.82 Å². The first-order valence-corrected chi connectivity index (χ1v) is 18.3. The fraction of sp³-hybridized carbons (Fsp3) is 0.371. The maximum Gasteiger partial charge on any atom is 0.521 e. The predicted molar refractivity (Wildman–Crippen MR) is 182 cm³/mol. The lowest BCUT2D eigenvalue weighted by molar-refractivity contribution is -0.795. The van der Waals surface area contributed by atoms with Crippen LogP contribution in [0.5, 0.6) is 5.75 Å². The van der Waals surface area contributed by atoms with Crippen LogP contribution in [0.4, 0.5) is 4.79 Å². The van der Waals surface area contributed by atoms with E-state index in [9.17, 15) is 23.1 Å². The van der Waals surface area contributed by atoms with E-state index in [2.05, 4.69) is 27.5 Å². The highest BCUT2D eigenvalue weighted by atomic mass is 32.2. The van der Waals surface area contributed by atoms with Gasteiger partial charge in [-0.1, -0.05) is 62.9 Å². The molecule has 1 unspecified atom stereocenters. The van der Waals surface area contributed by atoms with Crippen molar-refractivity contribution < 1.29 is 32.3 Å². The fourth-order valence-corrected chi connectivity index (χ4v) is 7.54. The van der Waals surface area contributed by atoms with E-state index in [0.717, 1.165) is 54.1 Å². The van der Waals surface area contributed by atoms with E-state index < -0.39 is 44.5 Å². The van der Waals surface area contributed by atoms with Crippen molar-refractivity contribution in [1.82, 2.24) is 30.2 Å². The maximum atomic E-state index is 14.7. The minimum atomic E-state index is -3.38. The number of carbonyl (C=O) groups is 2. The molecule has 2 amide bonds. The Morgan fingerprint density at radius 3 is 2.49 bits per heavy atom. The number of ether oxygens (including phenoxy) is 1. The number of sulfone groups is 1. The number of imide groups is 1. The van der Waals surface area contributed by atoms with E-state index >= 15 is 0 Å². The van der Waals surface area contributed by atoms with Gasteiger partial charge in [-0.05, 0) is 66.1 Å². The molecule has 5 aromatic rings. The summed E-state index contributed by atoms with van der Waals surface area (Å²) in [4.78, 5) is 32.8. The number of rotatable bonds is 12. The summed E-state index contributed by atoms with van der Waals surface area (Å²) >= 11 is 0. The quantitative estimate of drug-likeness (QED) is 0.116.